The number of piperidine rings is 1. The fourth-order valence-corrected chi connectivity index (χ4v) is 5.63. The minimum atomic E-state index is -4.93. The van der Waals surface area contributed by atoms with Crippen LogP contribution in [0.3, 0.4) is 0 Å². The summed E-state index contributed by atoms with van der Waals surface area (Å²) >= 11 is 0. The summed E-state index contributed by atoms with van der Waals surface area (Å²) in [7, 11) is -4.93. The average Bonchev–Trinajstić information content (AvgIpc) is 2.96. The first-order chi connectivity index (χ1) is 20.7. The zero-order valence-corrected chi connectivity index (χ0v) is 25.2. The van der Waals surface area contributed by atoms with Gasteiger partial charge in [-0.1, -0.05) is 42.5 Å². The number of nitrogens with two attached hydrogens (primary N) is 3. The molecule has 5 amide bonds. The van der Waals surface area contributed by atoms with E-state index < -0.39 is 67.6 Å². The van der Waals surface area contributed by atoms with Crippen LogP contribution in [-0.2, 0) is 39.5 Å². The van der Waals surface area contributed by atoms with Crippen molar-refractivity contribution in [2.45, 2.75) is 75.7 Å². The number of hydrogen-bond acceptors (Lipinski definition) is 8. The van der Waals surface area contributed by atoms with Crippen molar-refractivity contribution in [1.82, 2.24) is 15.5 Å². The number of rotatable bonds is 14. The molecule has 5 atom stereocenters. The number of hydrogen-bond donors (Lipinski definition) is 7. The van der Waals surface area contributed by atoms with Gasteiger partial charge < -0.3 is 42.5 Å². The van der Waals surface area contributed by atoms with E-state index in [2.05, 4.69) is 15.2 Å². The quantitative estimate of drug-likeness (QED) is 0.129. The standard InChI is InChI=1S/C28H39N6O9P/c1-16(43-44(40,41)42)24(30)28(39)34-13-5-4-8-22(34)27(38)33-21(26(37)32-20(25(31)36)11-12-23(29)35)15-17-9-10-18-6-2-3-7-19(18)14-17/h2-3,6-7,9-10,14,16,20-22,24H,4-5,8,11-13,15,30H2,1H3,(H2,29,35)(H2,31,36)(H,32,37)(H,33,38)(H2,40,41,42)/t16-,20-,21-,22-,24+/m0/s1. The van der Waals surface area contributed by atoms with E-state index in [9.17, 15) is 28.5 Å². The summed E-state index contributed by atoms with van der Waals surface area (Å²) in [6.45, 7) is 1.38. The predicted molar refractivity (Wildman–Crippen MR) is 159 cm³/mol. The van der Waals surface area contributed by atoms with Crippen LogP contribution >= 0.6 is 7.82 Å². The molecule has 1 aliphatic heterocycles. The number of amides is 5. The lowest BCUT2D eigenvalue weighted by Gasteiger charge is -2.37. The van der Waals surface area contributed by atoms with Crippen LogP contribution in [0.25, 0.3) is 10.8 Å². The first kappa shape index (κ1) is 34.6. The van der Waals surface area contributed by atoms with Crippen LogP contribution in [0.15, 0.2) is 42.5 Å². The summed E-state index contributed by atoms with van der Waals surface area (Å²) in [5.74, 6) is -3.73. The Labute approximate surface area is 254 Å². The van der Waals surface area contributed by atoms with Gasteiger partial charge in [0.25, 0.3) is 0 Å². The highest BCUT2D eigenvalue weighted by Gasteiger charge is 2.39. The van der Waals surface area contributed by atoms with Crippen molar-refractivity contribution in [3.8, 4) is 0 Å². The molecule has 0 aliphatic carbocycles. The maximum Gasteiger partial charge on any atom is 0.469 e. The molecule has 15 nitrogen and oxygen atoms in total. The summed E-state index contributed by atoms with van der Waals surface area (Å²) in [5, 5.41) is 7.06. The number of primary amides is 2. The van der Waals surface area contributed by atoms with Gasteiger partial charge in [-0.05, 0) is 48.9 Å². The predicted octanol–water partition coefficient (Wildman–Crippen LogP) is -0.691. The van der Waals surface area contributed by atoms with Crippen molar-refractivity contribution >= 4 is 48.1 Å². The number of carbonyl (C=O) groups excluding carboxylic acids is 5. The third-order valence-corrected chi connectivity index (χ3v) is 8.02. The minimum absolute atomic E-state index is 0.0110. The zero-order valence-electron chi connectivity index (χ0n) is 24.3. The summed E-state index contributed by atoms with van der Waals surface area (Å²) in [4.78, 5) is 83.1. The van der Waals surface area contributed by atoms with E-state index in [0.29, 0.717) is 18.4 Å². The van der Waals surface area contributed by atoms with E-state index in [1.165, 1.54) is 11.8 Å². The van der Waals surface area contributed by atoms with Gasteiger partial charge in [-0.2, -0.15) is 0 Å². The number of fused-ring (bicyclic) bond motifs is 1. The Bertz CT molecular complexity index is 1430. The van der Waals surface area contributed by atoms with E-state index >= 15 is 0 Å². The second-order valence-corrected chi connectivity index (χ2v) is 12.0. The Morgan fingerprint density at radius 2 is 1.70 bits per heavy atom. The highest BCUT2D eigenvalue weighted by atomic mass is 31.2. The number of carbonyl (C=O) groups is 5. The molecule has 10 N–H and O–H groups in total. The van der Waals surface area contributed by atoms with Crippen LogP contribution in [0.4, 0.5) is 0 Å². The van der Waals surface area contributed by atoms with Crippen molar-refractivity contribution in [3.63, 3.8) is 0 Å². The summed E-state index contributed by atoms with van der Waals surface area (Å²) in [6, 6.07) is 8.12. The lowest BCUT2D eigenvalue weighted by Crippen LogP contribution is -2.61. The smallest absolute Gasteiger partial charge is 0.370 e. The maximum atomic E-state index is 13.7. The van der Waals surface area contributed by atoms with Gasteiger partial charge in [0.2, 0.25) is 29.5 Å². The van der Waals surface area contributed by atoms with Crippen molar-refractivity contribution < 1.29 is 42.8 Å². The lowest BCUT2D eigenvalue weighted by molar-refractivity contribution is -0.145. The Morgan fingerprint density at radius 1 is 1.02 bits per heavy atom. The van der Waals surface area contributed by atoms with Crippen molar-refractivity contribution in [2.75, 3.05) is 6.54 Å². The summed E-state index contributed by atoms with van der Waals surface area (Å²) in [6.07, 6.45) is -0.307. The summed E-state index contributed by atoms with van der Waals surface area (Å²) < 4.78 is 15.8. The average molecular weight is 635 g/mol. The molecular weight excluding hydrogens is 595 g/mol. The fraction of sp³-hybridized carbons (Fsp3) is 0.464. The van der Waals surface area contributed by atoms with Crippen molar-refractivity contribution in [2.24, 2.45) is 17.2 Å². The Morgan fingerprint density at radius 3 is 2.34 bits per heavy atom. The molecule has 0 bridgehead atoms. The van der Waals surface area contributed by atoms with Gasteiger partial charge >= 0.3 is 7.82 Å². The molecule has 2 aromatic rings. The first-order valence-corrected chi connectivity index (χ1v) is 15.7. The van der Waals surface area contributed by atoms with Crippen LogP contribution in [-0.4, -0.2) is 81.0 Å². The van der Waals surface area contributed by atoms with Crippen LogP contribution in [0.5, 0.6) is 0 Å². The van der Waals surface area contributed by atoms with Crippen LogP contribution in [0, 0.1) is 0 Å². The monoisotopic (exact) mass is 634 g/mol. The normalized spacial score (nSPS) is 18.1. The van der Waals surface area contributed by atoms with E-state index in [4.69, 9.17) is 27.0 Å². The molecule has 1 saturated heterocycles. The minimum Gasteiger partial charge on any atom is -0.370 e. The second-order valence-electron chi connectivity index (χ2n) is 10.8. The van der Waals surface area contributed by atoms with Crippen molar-refractivity contribution in [3.05, 3.63) is 48.0 Å². The van der Waals surface area contributed by atoms with Crippen molar-refractivity contribution in [1.29, 1.82) is 0 Å². The molecule has 1 fully saturated rings. The van der Waals surface area contributed by atoms with Crippen LogP contribution < -0.4 is 27.8 Å². The molecule has 0 spiro atoms. The van der Waals surface area contributed by atoms with Gasteiger partial charge in [-0.3, -0.25) is 28.5 Å². The van der Waals surface area contributed by atoms with Gasteiger partial charge in [0.05, 0.1) is 6.10 Å². The molecule has 0 unspecified atom stereocenters. The van der Waals surface area contributed by atoms with E-state index in [-0.39, 0.29) is 32.2 Å². The Hall–Kier alpha value is -3.88. The number of phosphoric ester groups is 1. The molecule has 16 heteroatoms. The van der Waals surface area contributed by atoms with Gasteiger partial charge in [-0.25, -0.2) is 4.57 Å². The molecule has 2 aromatic carbocycles. The zero-order chi connectivity index (χ0) is 32.6. The van der Waals surface area contributed by atoms with E-state index in [0.717, 1.165) is 10.8 Å². The SMILES string of the molecule is C[C@H](OP(=O)(O)O)[C@@H](N)C(=O)N1CCCC[C@H]1C(=O)N[C@@H](Cc1ccc2ccccc2c1)C(=O)N[C@@H](CCC(N)=O)C(N)=O. The number of benzene rings is 2. The van der Waals surface area contributed by atoms with Gasteiger partial charge in [-0.15, -0.1) is 0 Å². The molecule has 1 heterocycles. The molecule has 0 saturated carbocycles. The number of phosphoric acid groups is 1. The molecule has 44 heavy (non-hydrogen) atoms. The second kappa shape index (κ2) is 15.2. The molecule has 240 valence electrons. The largest absolute Gasteiger partial charge is 0.469 e. The number of likely N-dealkylation sites (tertiary alicyclic amines) is 1. The van der Waals surface area contributed by atoms with E-state index in [1.807, 2.05) is 36.4 Å². The van der Waals surface area contributed by atoms with Gasteiger partial charge in [0.1, 0.15) is 24.2 Å². The highest BCUT2D eigenvalue weighted by molar-refractivity contribution is 7.46. The number of nitrogens with zero attached hydrogens (tertiary/aromatic N) is 1. The lowest BCUT2D eigenvalue weighted by atomic mass is 9.97. The van der Waals surface area contributed by atoms with Crippen LogP contribution in [0.1, 0.15) is 44.6 Å². The van der Waals surface area contributed by atoms with Gasteiger partial charge in [0, 0.05) is 19.4 Å². The molecule has 3 rings (SSSR count). The molecule has 1 aliphatic rings. The third kappa shape index (κ3) is 9.82. The van der Waals surface area contributed by atoms with Gasteiger partial charge in [0.15, 0.2) is 0 Å². The maximum absolute atomic E-state index is 13.7. The first-order valence-electron chi connectivity index (χ1n) is 14.1. The third-order valence-electron chi connectivity index (χ3n) is 7.41. The molecule has 0 aromatic heterocycles. The Balaban J connectivity index is 1.85. The highest BCUT2D eigenvalue weighted by Crippen LogP contribution is 2.38. The fourth-order valence-electron chi connectivity index (χ4n) is 5.07. The Kier molecular flexibility index (Phi) is 12.0. The topological polar surface area (TPSA) is 257 Å². The molecule has 0 radical (unpaired) electrons. The number of nitrogens with one attached hydrogen (secondary N) is 2. The van der Waals surface area contributed by atoms with Crippen LogP contribution in [0.2, 0.25) is 0 Å². The summed E-state index contributed by atoms with van der Waals surface area (Å²) in [5.41, 5.74) is 17.3. The molecular formula is C28H39N6O9P. The van der Waals surface area contributed by atoms with E-state index in [1.54, 1.807) is 6.07 Å².